The molecule has 2 aromatic carbocycles. The van der Waals surface area contributed by atoms with Gasteiger partial charge in [-0.05, 0) is 85.8 Å². The smallest absolute Gasteiger partial charge is 0.0345 e. The summed E-state index contributed by atoms with van der Waals surface area (Å²) in [5.41, 5.74) is 8.93. The third kappa shape index (κ3) is 4.26. The van der Waals surface area contributed by atoms with Crippen molar-refractivity contribution in [2.75, 3.05) is 5.32 Å². The molecule has 4 rings (SSSR count). The van der Waals surface area contributed by atoms with Crippen LogP contribution in [0.2, 0.25) is 0 Å². The van der Waals surface area contributed by atoms with Crippen LogP contribution >= 0.6 is 0 Å². The van der Waals surface area contributed by atoms with Crippen LogP contribution in [-0.4, -0.2) is 6.04 Å². The second kappa shape index (κ2) is 8.08. The van der Waals surface area contributed by atoms with Crippen molar-refractivity contribution in [2.24, 2.45) is 5.92 Å². The van der Waals surface area contributed by atoms with Gasteiger partial charge < -0.3 is 5.32 Å². The van der Waals surface area contributed by atoms with Gasteiger partial charge in [0, 0.05) is 11.7 Å². The summed E-state index contributed by atoms with van der Waals surface area (Å²) in [4.78, 5) is 0. The molecule has 0 radical (unpaired) electrons. The zero-order chi connectivity index (χ0) is 17.8. The fourth-order valence-electron chi connectivity index (χ4n) is 4.27. The van der Waals surface area contributed by atoms with Crippen molar-refractivity contribution in [1.29, 1.82) is 0 Å². The summed E-state index contributed by atoms with van der Waals surface area (Å²) in [5, 5.41) is 3.80. The van der Waals surface area contributed by atoms with Crippen molar-refractivity contribution < 1.29 is 0 Å². The van der Waals surface area contributed by atoms with Crippen molar-refractivity contribution in [1.82, 2.24) is 0 Å². The van der Waals surface area contributed by atoms with E-state index in [1.54, 1.807) is 16.7 Å². The molecule has 1 heteroatoms. The number of nitrogens with one attached hydrogen (secondary N) is 1. The number of rotatable bonds is 2. The molecule has 0 bridgehead atoms. The molecule has 2 aliphatic carbocycles. The predicted octanol–water partition coefficient (Wildman–Crippen LogP) is 6.12. The molecule has 0 fully saturated rings. The molecule has 0 amide bonds. The maximum atomic E-state index is 3.80. The Morgan fingerprint density at radius 3 is 2.40 bits per heavy atom. The highest BCUT2D eigenvalue weighted by molar-refractivity contribution is 5.51. The van der Waals surface area contributed by atoms with E-state index in [9.17, 15) is 0 Å². The molecule has 1 N–H and O–H groups in total. The normalized spacial score (nSPS) is 21.4. The lowest BCUT2D eigenvalue weighted by molar-refractivity contribution is 0.501. The highest BCUT2D eigenvalue weighted by Crippen LogP contribution is 2.29. The quantitative estimate of drug-likeness (QED) is 0.697. The van der Waals surface area contributed by atoms with E-state index >= 15 is 0 Å². The standard InChI is InChI=1S/C22H27N.C2H6/c1-15-4-6-19-13-21(10-8-18(19)11-15)23-22-9-7-17-5-3-16(2)12-20(17)14-22;1-2/h4,6-7,9,11,14,16,21,23H,3,5,8,10,12-13H2,1-2H3;1-2H3. The van der Waals surface area contributed by atoms with E-state index in [1.807, 2.05) is 13.8 Å². The molecule has 0 aromatic heterocycles. The van der Waals surface area contributed by atoms with Gasteiger partial charge in [-0.3, -0.25) is 0 Å². The molecule has 25 heavy (non-hydrogen) atoms. The van der Waals surface area contributed by atoms with Gasteiger partial charge in [-0.1, -0.05) is 50.6 Å². The molecule has 2 aliphatic rings. The molecule has 2 unspecified atom stereocenters. The van der Waals surface area contributed by atoms with E-state index in [-0.39, 0.29) is 0 Å². The third-order valence-electron chi connectivity index (χ3n) is 5.64. The second-order valence-electron chi connectivity index (χ2n) is 7.69. The lowest BCUT2D eigenvalue weighted by Gasteiger charge is -2.28. The van der Waals surface area contributed by atoms with E-state index in [2.05, 4.69) is 55.6 Å². The van der Waals surface area contributed by atoms with Gasteiger partial charge in [0.05, 0.1) is 0 Å². The molecule has 0 aliphatic heterocycles. The topological polar surface area (TPSA) is 12.0 Å². The van der Waals surface area contributed by atoms with Gasteiger partial charge in [0.2, 0.25) is 0 Å². The van der Waals surface area contributed by atoms with E-state index < -0.39 is 0 Å². The Hall–Kier alpha value is -1.76. The highest BCUT2D eigenvalue weighted by atomic mass is 14.9. The van der Waals surface area contributed by atoms with Crippen molar-refractivity contribution in [3.05, 3.63) is 64.2 Å². The van der Waals surface area contributed by atoms with Crippen LogP contribution in [0.1, 0.15) is 61.4 Å². The maximum absolute atomic E-state index is 3.80. The summed E-state index contributed by atoms with van der Waals surface area (Å²) in [6.45, 7) is 8.57. The molecule has 2 atom stereocenters. The molecule has 1 nitrogen and oxygen atoms in total. The third-order valence-corrected chi connectivity index (χ3v) is 5.64. The van der Waals surface area contributed by atoms with E-state index in [0.717, 1.165) is 12.3 Å². The molecular formula is C24H33N. The summed E-state index contributed by atoms with van der Waals surface area (Å²) < 4.78 is 0. The fraction of sp³-hybridized carbons (Fsp3) is 0.500. The van der Waals surface area contributed by atoms with Gasteiger partial charge in [0.1, 0.15) is 0 Å². The number of anilines is 1. The summed E-state index contributed by atoms with van der Waals surface area (Å²) in [6.07, 6.45) is 7.45. The minimum absolute atomic E-state index is 0.573. The molecule has 134 valence electrons. The monoisotopic (exact) mass is 335 g/mol. The first kappa shape index (κ1) is 18.0. The van der Waals surface area contributed by atoms with Crippen LogP contribution < -0.4 is 5.32 Å². The SMILES string of the molecule is CC.Cc1ccc2c(c1)CCC(Nc1ccc3c(c1)CC(C)CC3)C2. The van der Waals surface area contributed by atoms with Crippen LogP contribution in [0.25, 0.3) is 0 Å². The van der Waals surface area contributed by atoms with E-state index in [1.165, 1.54) is 48.9 Å². The van der Waals surface area contributed by atoms with Crippen LogP contribution in [0.3, 0.4) is 0 Å². The summed E-state index contributed by atoms with van der Waals surface area (Å²) in [6, 6.07) is 14.6. The highest BCUT2D eigenvalue weighted by Gasteiger charge is 2.20. The van der Waals surface area contributed by atoms with Gasteiger partial charge in [0.15, 0.2) is 0 Å². The number of fused-ring (bicyclic) bond motifs is 2. The lowest BCUT2D eigenvalue weighted by Crippen LogP contribution is -2.27. The fourth-order valence-corrected chi connectivity index (χ4v) is 4.27. The number of aryl methyl sites for hydroxylation is 3. The second-order valence-corrected chi connectivity index (χ2v) is 7.69. The van der Waals surface area contributed by atoms with Gasteiger partial charge >= 0.3 is 0 Å². The van der Waals surface area contributed by atoms with Crippen LogP contribution in [0.15, 0.2) is 36.4 Å². The minimum atomic E-state index is 0.573. The molecule has 0 spiro atoms. The Morgan fingerprint density at radius 2 is 1.56 bits per heavy atom. The van der Waals surface area contributed by atoms with Crippen molar-refractivity contribution >= 4 is 5.69 Å². The first-order valence-electron chi connectivity index (χ1n) is 10.1. The Balaban J connectivity index is 0.000000880. The molecule has 2 aromatic rings. The maximum Gasteiger partial charge on any atom is 0.0345 e. The van der Waals surface area contributed by atoms with Gasteiger partial charge in [-0.25, -0.2) is 0 Å². The lowest BCUT2D eigenvalue weighted by atomic mass is 9.84. The zero-order valence-electron chi connectivity index (χ0n) is 16.4. The van der Waals surface area contributed by atoms with Crippen LogP contribution in [-0.2, 0) is 25.7 Å². The molecular weight excluding hydrogens is 302 g/mol. The first-order valence-corrected chi connectivity index (χ1v) is 10.1. The average Bonchev–Trinajstić information content (AvgIpc) is 2.63. The molecule has 0 saturated carbocycles. The van der Waals surface area contributed by atoms with Crippen LogP contribution in [0.4, 0.5) is 5.69 Å². The van der Waals surface area contributed by atoms with Crippen molar-refractivity contribution in [2.45, 2.75) is 72.3 Å². The predicted molar refractivity (Wildman–Crippen MR) is 110 cm³/mol. The number of hydrogen-bond acceptors (Lipinski definition) is 1. The van der Waals surface area contributed by atoms with Crippen LogP contribution in [0.5, 0.6) is 0 Å². The Morgan fingerprint density at radius 1 is 0.800 bits per heavy atom. The molecule has 0 saturated heterocycles. The van der Waals surface area contributed by atoms with Crippen molar-refractivity contribution in [3.63, 3.8) is 0 Å². The van der Waals surface area contributed by atoms with Gasteiger partial charge in [-0.2, -0.15) is 0 Å². The summed E-state index contributed by atoms with van der Waals surface area (Å²) in [7, 11) is 0. The van der Waals surface area contributed by atoms with Gasteiger partial charge in [0.25, 0.3) is 0 Å². The Labute approximate surface area is 153 Å². The summed E-state index contributed by atoms with van der Waals surface area (Å²) >= 11 is 0. The van der Waals surface area contributed by atoms with E-state index in [4.69, 9.17) is 0 Å². The first-order chi connectivity index (χ1) is 12.2. The van der Waals surface area contributed by atoms with Gasteiger partial charge in [-0.15, -0.1) is 0 Å². The zero-order valence-corrected chi connectivity index (χ0v) is 16.4. The average molecular weight is 336 g/mol. The molecule has 0 heterocycles. The van der Waals surface area contributed by atoms with E-state index in [0.29, 0.717) is 6.04 Å². The largest absolute Gasteiger partial charge is 0.382 e. The van der Waals surface area contributed by atoms with Crippen LogP contribution in [0, 0.1) is 12.8 Å². The summed E-state index contributed by atoms with van der Waals surface area (Å²) in [5.74, 6) is 0.836. The van der Waals surface area contributed by atoms with Crippen molar-refractivity contribution in [3.8, 4) is 0 Å². The number of benzene rings is 2. The number of hydrogen-bond donors (Lipinski definition) is 1. The minimum Gasteiger partial charge on any atom is -0.382 e. The Kier molecular flexibility index (Phi) is 5.83. The Bertz CT molecular complexity index is 716.